The van der Waals surface area contributed by atoms with Crippen LogP contribution in [-0.2, 0) is 10.0 Å². The molecule has 9 heteroatoms. The zero-order valence-electron chi connectivity index (χ0n) is 10.6. The highest BCUT2D eigenvalue weighted by atomic mass is 32.2. The molecule has 0 saturated carbocycles. The molecule has 1 heterocycles. The van der Waals surface area contributed by atoms with Crippen molar-refractivity contribution in [1.29, 1.82) is 0 Å². The molecule has 0 unspecified atom stereocenters. The minimum absolute atomic E-state index is 0.0361. The van der Waals surface area contributed by atoms with Crippen molar-refractivity contribution >= 4 is 33.4 Å². The van der Waals surface area contributed by atoms with Crippen molar-refractivity contribution in [1.82, 2.24) is 9.97 Å². The lowest BCUT2D eigenvalue weighted by Gasteiger charge is -2.08. The average molecular weight is 311 g/mol. The Morgan fingerprint density at radius 3 is 2.55 bits per heavy atom. The van der Waals surface area contributed by atoms with Gasteiger partial charge in [-0.1, -0.05) is 6.07 Å². The van der Waals surface area contributed by atoms with Gasteiger partial charge in [-0.3, -0.25) is 10.1 Å². The Morgan fingerprint density at radius 2 is 1.95 bits per heavy atom. The molecule has 7 nitrogen and oxygen atoms in total. The largest absolute Gasteiger partial charge is 0.292 e. The quantitative estimate of drug-likeness (QED) is 0.433. The van der Waals surface area contributed by atoms with E-state index < -0.39 is 10.0 Å². The van der Waals surface area contributed by atoms with Gasteiger partial charge in [0.15, 0.2) is 0 Å². The summed E-state index contributed by atoms with van der Waals surface area (Å²) in [7, 11) is -3.72. The fourth-order valence-electron chi connectivity index (χ4n) is 1.43. The van der Waals surface area contributed by atoms with E-state index in [-0.39, 0.29) is 10.8 Å². The molecule has 0 spiro atoms. The molecule has 2 aromatic rings. The fraction of sp³-hybridized carbons (Fsp3) is 0.0909. The molecular weight excluding hydrogens is 298 g/mol. The van der Waals surface area contributed by atoms with Gasteiger partial charge in [-0.2, -0.15) is 0 Å². The normalized spacial score (nSPS) is 11.1. The highest BCUT2D eigenvalue weighted by molar-refractivity contribution is 7.98. The van der Waals surface area contributed by atoms with Gasteiger partial charge in [-0.25, -0.2) is 24.2 Å². The molecule has 0 amide bonds. The van der Waals surface area contributed by atoms with Gasteiger partial charge < -0.3 is 0 Å². The zero-order chi connectivity index (χ0) is 14.6. The average Bonchev–Trinajstić information content (AvgIpc) is 2.47. The van der Waals surface area contributed by atoms with Crippen molar-refractivity contribution in [3.05, 3.63) is 36.7 Å². The highest BCUT2D eigenvalue weighted by Crippen LogP contribution is 2.21. The number of hydrogen-bond acceptors (Lipinski definition) is 7. The molecule has 0 atom stereocenters. The molecule has 4 N–H and O–H groups in total. The fourth-order valence-corrected chi connectivity index (χ4v) is 2.83. The van der Waals surface area contributed by atoms with Gasteiger partial charge in [0.05, 0.1) is 12.4 Å². The molecule has 0 fully saturated rings. The second-order valence-electron chi connectivity index (χ2n) is 3.72. The van der Waals surface area contributed by atoms with Gasteiger partial charge in [0, 0.05) is 10.6 Å². The van der Waals surface area contributed by atoms with E-state index in [2.05, 4.69) is 20.1 Å². The number of anilines is 2. The van der Waals surface area contributed by atoms with Gasteiger partial charge in [-0.05, 0) is 24.5 Å². The van der Waals surface area contributed by atoms with E-state index in [0.29, 0.717) is 5.69 Å². The molecule has 1 aromatic heterocycles. The monoisotopic (exact) mass is 311 g/mol. The summed E-state index contributed by atoms with van der Waals surface area (Å²) < 4.78 is 26.8. The predicted octanol–water partition coefficient (Wildman–Crippen LogP) is 1.28. The smallest absolute Gasteiger partial charge is 0.264 e. The number of nitrogens with one attached hydrogen (secondary N) is 2. The van der Waals surface area contributed by atoms with E-state index in [9.17, 15) is 8.42 Å². The molecule has 0 aliphatic heterocycles. The van der Waals surface area contributed by atoms with Crippen molar-refractivity contribution in [2.24, 2.45) is 5.84 Å². The first kappa shape index (κ1) is 14.6. The molecule has 1 aromatic carbocycles. The van der Waals surface area contributed by atoms with Crippen LogP contribution in [0, 0.1) is 0 Å². The zero-order valence-corrected chi connectivity index (χ0v) is 12.2. The summed E-state index contributed by atoms with van der Waals surface area (Å²) in [4.78, 5) is 8.46. The molecule has 0 bridgehead atoms. The first-order chi connectivity index (χ1) is 9.55. The predicted molar refractivity (Wildman–Crippen MR) is 78.9 cm³/mol. The Morgan fingerprint density at radius 1 is 1.25 bits per heavy atom. The van der Waals surface area contributed by atoms with E-state index in [0.717, 1.165) is 4.90 Å². The lowest BCUT2D eigenvalue weighted by atomic mass is 10.3. The van der Waals surface area contributed by atoms with Crippen LogP contribution in [0.1, 0.15) is 0 Å². The Bertz CT molecular complexity index is 688. The molecule has 0 aliphatic rings. The molecule has 2 rings (SSSR count). The summed E-state index contributed by atoms with van der Waals surface area (Å²) in [6.45, 7) is 0. The van der Waals surface area contributed by atoms with Gasteiger partial charge in [-0.15, -0.1) is 11.8 Å². The van der Waals surface area contributed by atoms with Gasteiger partial charge >= 0.3 is 0 Å². The molecule has 0 saturated heterocycles. The maximum atomic E-state index is 12.2. The minimum Gasteiger partial charge on any atom is -0.292 e. The minimum atomic E-state index is -3.72. The molecule has 106 valence electrons. The molecule has 0 aliphatic carbocycles. The van der Waals surface area contributed by atoms with Crippen molar-refractivity contribution in [3.63, 3.8) is 0 Å². The van der Waals surface area contributed by atoms with Crippen LogP contribution in [0.3, 0.4) is 0 Å². The van der Waals surface area contributed by atoms with Crippen LogP contribution in [-0.4, -0.2) is 24.6 Å². The summed E-state index contributed by atoms with van der Waals surface area (Å²) in [6.07, 6.45) is 4.28. The number of hydrazine groups is 1. The first-order valence-electron chi connectivity index (χ1n) is 5.50. The Kier molecular flexibility index (Phi) is 4.42. The van der Waals surface area contributed by atoms with Gasteiger partial charge in [0.1, 0.15) is 4.90 Å². The van der Waals surface area contributed by atoms with Crippen molar-refractivity contribution in [2.45, 2.75) is 9.79 Å². The van der Waals surface area contributed by atoms with Crippen molar-refractivity contribution in [2.75, 3.05) is 16.4 Å². The third-order valence-corrected chi connectivity index (χ3v) is 4.45. The van der Waals surface area contributed by atoms with E-state index in [1.54, 1.807) is 18.2 Å². The summed E-state index contributed by atoms with van der Waals surface area (Å²) in [5, 5.41) is 0. The number of nitrogens with zero attached hydrogens (tertiary/aromatic N) is 2. The maximum absolute atomic E-state index is 12.2. The second kappa shape index (κ2) is 6.07. The highest BCUT2D eigenvalue weighted by Gasteiger charge is 2.15. The van der Waals surface area contributed by atoms with Crippen LogP contribution in [0.5, 0.6) is 0 Å². The summed E-state index contributed by atoms with van der Waals surface area (Å²) in [5.41, 5.74) is 2.71. The lowest BCUT2D eigenvalue weighted by molar-refractivity contribution is 0.600. The van der Waals surface area contributed by atoms with Gasteiger partial charge in [0.2, 0.25) is 5.95 Å². The first-order valence-corrected chi connectivity index (χ1v) is 8.21. The van der Waals surface area contributed by atoms with E-state index >= 15 is 0 Å². The Hall–Kier alpha value is -1.84. The topological polar surface area (TPSA) is 110 Å². The van der Waals surface area contributed by atoms with Crippen LogP contribution in [0.25, 0.3) is 0 Å². The summed E-state index contributed by atoms with van der Waals surface area (Å²) >= 11 is 1.53. The van der Waals surface area contributed by atoms with Crippen LogP contribution in [0.2, 0.25) is 0 Å². The molecular formula is C11H13N5O2S2. The van der Waals surface area contributed by atoms with Crippen LogP contribution >= 0.6 is 11.8 Å². The van der Waals surface area contributed by atoms with E-state index in [1.165, 1.54) is 24.2 Å². The third kappa shape index (κ3) is 3.38. The van der Waals surface area contributed by atoms with Gasteiger partial charge in [0.25, 0.3) is 10.0 Å². The molecule has 0 radical (unpaired) electrons. The maximum Gasteiger partial charge on any atom is 0.264 e. The van der Waals surface area contributed by atoms with E-state index in [1.807, 2.05) is 12.3 Å². The number of benzene rings is 1. The SMILES string of the molecule is CSc1cccc(NS(=O)(=O)c2cnc(NN)nc2)c1. The summed E-state index contributed by atoms with van der Waals surface area (Å²) in [6, 6.07) is 7.10. The number of nitrogens with two attached hydrogens (primary N) is 1. The number of rotatable bonds is 5. The summed E-state index contributed by atoms with van der Waals surface area (Å²) in [5.74, 6) is 5.27. The lowest BCUT2D eigenvalue weighted by Crippen LogP contribution is -2.15. The third-order valence-electron chi connectivity index (χ3n) is 2.39. The Labute approximate surface area is 121 Å². The number of sulfonamides is 1. The standard InChI is InChI=1S/C11H13N5O2S2/c1-19-9-4-2-3-8(5-9)16-20(17,18)10-6-13-11(15-12)14-7-10/h2-7,16H,12H2,1H3,(H,13,14,15). The van der Waals surface area contributed by atoms with E-state index in [4.69, 9.17) is 5.84 Å². The second-order valence-corrected chi connectivity index (χ2v) is 6.29. The van der Waals surface area contributed by atoms with Crippen LogP contribution < -0.4 is 16.0 Å². The number of hydrogen-bond donors (Lipinski definition) is 3. The number of nitrogen functional groups attached to an aromatic ring is 1. The Balaban J connectivity index is 2.25. The molecule has 20 heavy (non-hydrogen) atoms. The van der Waals surface area contributed by atoms with Crippen LogP contribution in [0.15, 0.2) is 46.5 Å². The van der Waals surface area contributed by atoms with Crippen LogP contribution in [0.4, 0.5) is 11.6 Å². The number of aromatic nitrogens is 2. The van der Waals surface area contributed by atoms with Crippen molar-refractivity contribution in [3.8, 4) is 0 Å². The number of thioether (sulfide) groups is 1. The van der Waals surface area contributed by atoms with Crippen molar-refractivity contribution < 1.29 is 8.42 Å².